The van der Waals surface area contributed by atoms with Gasteiger partial charge in [-0.05, 0) is 22.0 Å². The Labute approximate surface area is 88.3 Å². The first-order chi connectivity index (χ1) is 6.75. The zero-order valence-corrected chi connectivity index (χ0v) is 8.77. The van der Waals surface area contributed by atoms with Crippen LogP contribution in [-0.4, -0.2) is 9.72 Å². The number of nitrogens with zero attached hydrogens (tertiary/aromatic N) is 2. The molecule has 0 N–H and O–H groups in total. The van der Waals surface area contributed by atoms with Crippen molar-refractivity contribution >= 4 is 15.9 Å². The van der Waals surface area contributed by atoms with Gasteiger partial charge in [-0.15, -0.1) is 0 Å². The molecule has 0 amide bonds. The minimum absolute atomic E-state index is 0.0652. The summed E-state index contributed by atoms with van der Waals surface area (Å²) in [6.07, 6.45) is 3.27. The van der Waals surface area contributed by atoms with E-state index in [1.807, 2.05) is 0 Å². The Kier molecular flexibility index (Phi) is 2.49. The lowest BCUT2D eigenvalue weighted by Gasteiger charge is -2.01. The van der Waals surface area contributed by atoms with E-state index >= 15 is 0 Å². The third-order valence-corrected chi connectivity index (χ3v) is 2.23. The summed E-state index contributed by atoms with van der Waals surface area (Å²) in [5, 5.41) is 3.57. The third-order valence-electron chi connectivity index (χ3n) is 1.76. The van der Waals surface area contributed by atoms with E-state index in [1.54, 1.807) is 29.1 Å². The van der Waals surface area contributed by atoms with Crippen LogP contribution < -0.4 is 5.56 Å². The molecule has 2 aromatic rings. The lowest BCUT2D eigenvalue weighted by Crippen LogP contribution is -2.18. The molecule has 0 aliphatic carbocycles. The summed E-state index contributed by atoms with van der Waals surface area (Å²) in [5.41, 5.74) is -0.0652. The summed E-state index contributed by atoms with van der Waals surface area (Å²) in [5.74, 6) is 0.658. The van der Waals surface area contributed by atoms with Gasteiger partial charge >= 0.3 is 0 Å². The van der Waals surface area contributed by atoms with Gasteiger partial charge in [0.15, 0.2) is 5.76 Å². The van der Waals surface area contributed by atoms with Crippen LogP contribution in [-0.2, 0) is 6.54 Å². The molecule has 0 spiro atoms. The van der Waals surface area contributed by atoms with Gasteiger partial charge in [-0.2, -0.15) is 0 Å². The Morgan fingerprint density at radius 2 is 2.29 bits per heavy atom. The third kappa shape index (κ3) is 1.93. The Hall–Kier alpha value is -1.36. The van der Waals surface area contributed by atoms with E-state index in [2.05, 4.69) is 21.1 Å². The molecule has 0 aliphatic rings. The number of hydrogen-bond acceptors (Lipinski definition) is 3. The Bertz CT molecular complexity index is 476. The predicted octanol–water partition coefficient (Wildman–Crippen LogP) is 1.65. The van der Waals surface area contributed by atoms with Crippen LogP contribution in [0.3, 0.4) is 0 Å². The van der Waals surface area contributed by atoms with Gasteiger partial charge in [0, 0.05) is 22.8 Å². The van der Waals surface area contributed by atoms with E-state index in [1.165, 1.54) is 6.07 Å². The highest BCUT2D eigenvalue weighted by atomic mass is 79.9. The summed E-state index contributed by atoms with van der Waals surface area (Å²) in [6, 6.07) is 4.94. The van der Waals surface area contributed by atoms with Crippen LogP contribution in [0.25, 0.3) is 0 Å². The Morgan fingerprint density at radius 3 is 3.00 bits per heavy atom. The smallest absolute Gasteiger partial charge is 0.251 e. The van der Waals surface area contributed by atoms with E-state index in [9.17, 15) is 4.79 Å². The SMILES string of the molecule is O=c1ccc(Br)cn1Cc1ccno1. The van der Waals surface area contributed by atoms with Gasteiger partial charge in [0.05, 0.1) is 12.7 Å². The average molecular weight is 255 g/mol. The second-order valence-electron chi connectivity index (χ2n) is 2.79. The molecule has 14 heavy (non-hydrogen) atoms. The van der Waals surface area contributed by atoms with Gasteiger partial charge < -0.3 is 9.09 Å². The fourth-order valence-corrected chi connectivity index (χ4v) is 1.50. The van der Waals surface area contributed by atoms with Crippen molar-refractivity contribution in [1.29, 1.82) is 0 Å². The first-order valence-corrected chi connectivity index (χ1v) is 4.80. The molecule has 0 bridgehead atoms. The van der Waals surface area contributed by atoms with Crippen LogP contribution in [0.4, 0.5) is 0 Å². The van der Waals surface area contributed by atoms with Crippen molar-refractivity contribution in [3.05, 3.63) is 51.2 Å². The molecule has 5 heteroatoms. The zero-order valence-electron chi connectivity index (χ0n) is 7.18. The first-order valence-electron chi connectivity index (χ1n) is 4.01. The van der Waals surface area contributed by atoms with Crippen LogP contribution in [0.2, 0.25) is 0 Å². The molecule has 0 aliphatic heterocycles. The number of halogens is 1. The summed E-state index contributed by atoms with van der Waals surface area (Å²) in [7, 11) is 0. The van der Waals surface area contributed by atoms with Gasteiger partial charge in [-0.25, -0.2) is 0 Å². The van der Waals surface area contributed by atoms with Crippen LogP contribution in [0, 0.1) is 0 Å². The van der Waals surface area contributed by atoms with Gasteiger partial charge in [0.1, 0.15) is 0 Å². The predicted molar refractivity (Wildman–Crippen MR) is 54.0 cm³/mol. The van der Waals surface area contributed by atoms with Crippen molar-refractivity contribution in [3.63, 3.8) is 0 Å². The van der Waals surface area contributed by atoms with E-state index in [4.69, 9.17) is 4.52 Å². The highest BCUT2D eigenvalue weighted by molar-refractivity contribution is 9.10. The normalized spacial score (nSPS) is 10.4. The van der Waals surface area contributed by atoms with Gasteiger partial charge in [0.25, 0.3) is 5.56 Å². The first kappa shape index (κ1) is 9.21. The molecule has 2 rings (SSSR count). The van der Waals surface area contributed by atoms with E-state index in [0.29, 0.717) is 12.3 Å². The number of aromatic nitrogens is 2. The molecule has 0 saturated heterocycles. The molecule has 0 saturated carbocycles. The molecular formula is C9H7BrN2O2. The van der Waals surface area contributed by atoms with Crippen molar-refractivity contribution in [3.8, 4) is 0 Å². The minimum atomic E-state index is -0.0652. The monoisotopic (exact) mass is 254 g/mol. The van der Waals surface area contributed by atoms with Crippen LogP contribution in [0.15, 0.2) is 44.4 Å². The molecule has 0 aromatic carbocycles. The van der Waals surface area contributed by atoms with Gasteiger partial charge in [-0.3, -0.25) is 4.79 Å². The highest BCUT2D eigenvalue weighted by Gasteiger charge is 2.01. The molecule has 0 radical (unpaired) electrons. The second-order valence-corrected chi connectivity index (χ2v) is 3.71. The van der Waals surface area contributed by atoms with Crippen molar-refractivity contribution in [2.75, 3.05) is 0 Å². The van der Waals surface area contributed by atoms with Crippen molar-refractivity contribution < 1.29 is 4.52 Å². The number of hydrogen-bond donors (Lipinski definition) is 0. The molecular weight excluding hydrogens is 248 g/mol. The second kappa shape index (κ2) is 3.79. The maximum absolute atomic E-state index is 11.4. The topological polar surface area (TPSA) is 48.0 Å². The van der Waals surface area contributed by atoms with Crippen LogP contribution in [0.1, 0.15) is 5.76 Å². The molecule has 2 heterocycles. The molecule has 4 nitrogen and oxygen atoms in total. The summed E-state index contributed by atoms with van der Waals surface area (Å²) < 4.78 is 7.31. The standard InChI is InChI=1S/C9H7BrN2O2/c10-7-1-2-9(13)12(5-7)6-8-3-4-11-14-8/h1-5H,6H2. The summed E-state index contributed by atoms with van der Waals surface area (Å²) in [6.45, 7) is 0.401. The average Bonchev–Trinajstić information content (AvgIpc) is 2.64. The summed E-state index contributed by atoms with van der Waals surface area (Å²) >= 11 is 3.29. The van der Waals surface area contributed by atoms with Crippen molar-refractivity contribution in [2.45, 2.75) is 6.54 Å². The van der Waals surface area contributed by atoms with E-state index in [0.717, 1.165) is 4.47 Å². The largest absolute Gasteiger partial charge is 0.359 e. The van der Waals surface area contributed by atoms with Crippen LogP contribution >= 0.6 is 15.9 Å². The lowest BCUT2D eigenvalue weighted by atomic mass is 10.4. The van der Waals surface area contributed by atoms with Crippen LogP contribution in [0.5, 0.6) is 0 Å². The quantitative estimate of drug-likeness (QED) is 0.819. The highest BCUT2D eigenvalue weighted by Crippen LogP contribution is 2.06. The van der Waals surface area contributed by atoms with Crippen molar-refractivity contribution in [1.82, 2.24) is 9.72 Å². The number of rotatable bonds is 2. The maximum Gasteiger partial charge on any atom is 0.251 e. The Balaban J connectivity index is 2.33. The Morgan fingerprint density at radius 1 is 1.43 bits per heavy atom. The zero-order chi connectivity index (χ0) is 9.97. The van der Waals surface area contributed by atoms with E-state index < -0.39 is 0 Å². The molecule has 72 valence electrons. The van der Waals surface area contributed by atoms with Gasteiger partial charge in [0.2, 0.25) is 0 Å². The minimum Gasteiger partial charge on any atom is -0.359 e. The molecule has 2 aromatic heterocycles. The fraction of sp³-hybridized carbons (Fsp3) is 0.111. The summed E-state index contributed by atoms with van der Waals surface area (Å²) in [4.78, 5) is 11.4. The molecule has 0 fully saturated rings. The number of pyridine rings is 1. The molecule has 0 unspecified atom stereocenters. The van der Waals surface area contributed by atoms with Crippen molar-refractivity contribution in [2.24, 2.45) is 0 Å². The fourth-order valence-electron chi connectivity index (χ4n) is 1.12. The van der Waals surface area contributed by atoms with E-state index in [-0.39, 0.29) is 5.56 Å². The molecule has 0 atom stereocenters. The maximum atomic E-state index is 11.4. The lowest BCUT2D eigenvalue weighted by molar-refractivity contribution is 0.375. The van der Waals surface area contributed by atoms with Gasteiger partial charge in [-0.1, -0.05) is 5.16 Å².